The lowest BCUT2D eigenvalue weighted by Crippen LogP contribution is -2.53. The fourth-order valence-electron chi connectivity index (χ4n) is 3.95. The van der Waals surface area contributed by atoms with Crippen LogP contribution in [0.4, 0.5) is 13.2 Å². The zero-order valence-corrected chi connectivity index (χ0v) is 16.7. The zero-order chi connectivity index (χ0) is 22.5. The summed E-state index contributed by atoms with van der Waals surface area (Å²) in [6, 6.07) is 4.75. The van der Waals surface area contributed by atoms with Gasteiger partial charge in [-0.2, -0.15) is 13.2 Å². The van der Waals surface area contributed by atoms with E-state index in [9.17, 15) is 28.2 Å². The number of hydrogen-bond donors (Lipinski definition) is 3. The molecule has 0 unspecified atom stereocenters. The Kier molecular flexibility index (Phi) is 7.84. The highest BCUT2D eigenvalue weighted by Gasteiger charge is 2.41. The van der Waals surface area contributed by atoms with E-state index in [4.69, 9.17) is 9.90 Å². The maximum absolute atomic E-state index is 12.9. The van der Waals surface area contributed by atoms with Crippen molar-refractivity contribution in [2.45, 2.75) is 37.1 Å². The third-order valence-electron chi connectivity index (χ3n) is 5.73. The van der Waals surface area contributed by atoms with Gasteiger partial charge in [-0.3, -0.25) is 9.59 Å². The summed E-state index contributed by atoms with van der Waals surface area (Å²) < 4.78 is 38.8. The van der Waals surface area contributed by atoms with Gasteiger partial charge in [0.15, 0.2) is 0 Å². The van der Waals surface area contributed by atoms with Crippen LogP contribution >= 0.6 is 0 Å². The number of nitrogens with zero attached hydrogens (tertiary/aromatic N) is 2. The van der Waals surface area contributed by atoms with Crippen molar-refractivity contribution in [1.82, 2.24) is 9.80 Å². The number of likely N-dealkylation sites (tertiary alicyclic amines) is 2. The minimum Gasteiger partial charge on any atom is -0.483 e. The summed E-state index contributed by atoms with van der Waals surface area (Å²) in [6.07, 6.45) is -4.28. The molecule has 7 nitrogen and oxygen atoms in total. The van der Waals surface area contributed by atoms with Crippen LogP contribution in [0.5, 0.6) is 0 Å². The number of alkyl halides is 3. The number of halogens is 3. The molecule has 0 aromatic heterocycles. The Balaban J connectivity index is 0.00000101. The monoisotopic (exact) mass is 432 g/mol. The van der Waals surface area contributed by atoms with Gasteiger partial charge in [0, 0.05) is 26.2 Å². The van der Waals surface area contributed by atoms with Crippen molar-refractivity contribution in [3.05, 3.63) is 35.4 Å². The van der Waals surface area contributed by atoms with Crippen LogP contribution < -0.4 is 0 Å². The molecule has 1 aromatic carbocycles. The lowest BCUT2D eigenvalue weighted by Gasteiger charge is -2.42. The first-order valence-electron chi connectivity index (χ1n) is 9.65. The van der Waals surface area contributed by atoms with Crippen LogP contribution in [-0.2, 0) is 21.4 Å². The predicted octanol–water partition coefficient (Wildman–Crippen LogP) is 1.53. The average Bonchev–Trinajstić information content (AvgIpc) is 2.70. The standard InChI is InChI=1S/C19H25F3N2O3.CH2O2/c1-23-8-5-16(25)15(12-23)17(26)24-9-6-18(27,7-10-24)13-3-2-4-14(11-13)19(20,21)22;2-1-3/h2-4,11,15-16,25,27H,5-10,12H2,1H3;1H,(H,2,3)/t15-,16-;/m1./s1. The van der Waals surface area contributed by atoms with E-state index in [0.717, 1.165) is 18.7 Å². The van der Waals surface area contributed by atoms with Gasteiger partial charge in [-0.05, 0) is 44.0 Å². The topological polar surface area (TPSA) is 101 Å². The van der Waals surface area contributed by atoms with Crippen LogP contribution in [0, 0.1) is 5.92 Å². The molecule has 1 amide bonds. The second kappa shape index (κ2) is 9.76. The molecule has 2 aliphatic heterocycles. The first-order valence-corrected chi connectivity index (χ1v) is 9.65. The Morgan fingerprint density at radius 1 is 1.23 bits per heavy atom. The third kappa shape index (κ3) is 5.71. The quantitative estimate of drug-likeness (QED) is 0.613. The Hall–Kier alpha value is -2.17. The van der Waals surface area contributed by atoms with E-state index in [-0.39, 0.29) is 43.9 Å². The largest absolute Gasteiger partial charge is 0.483 e. The van der Waals surface area contributed by atoms with Crippen LogP contribution in [0.2, 0.25) is 0 Å². The smallest absolute Gasteiger partial charge is 0.416 e. The Morgan fingerprint density at radius 3 is 2.40 bits per heavy atom. The number of piperidine rings is 2. The Morgan fingerprint density at radius 2 is 1.83 bits per heavy atom. The lowest BCUT2D eigenvalue weighted by molar-refractivity contribution is -0.146. The SMILES string of the molecule is CN1CC[C@@H](O)[C@H](C(=O)N2CCC(O)(c3cccc(C(F)(F)F)c3)CC2)C1.O=CO. The van der Waals surface area contributed by atoms with Crippen molar-refractivity contribution in [3.63, 3.8) is 0 Å². The van der Waals surface area contributed by atoms with Gasteiger partial charge >= 0.3 is 6.18 Å². The number of carbonyl (C=O) groups is 2. The number of aliphatic hydroxyl groups is 2. The van der Waals surface area contributed by atoms with Crippen molar-refractivity contribution in [3.8, 4) is 0 Å². The molecule has 3 N–H and O–H groups in total. The van der Waals surface area contributed by atoms with E-state index in [1.807, 2.05) is 11.9 Å². The van der Waals surface area contributed by atoms with Crippen LogP contribution in [-0.4, -0.2) is 76.8 Å². The molecule has 2 heterocycles. The molecule has 0 aliphatic carbocycles. The van der Waals surface area contributed by atoms with Gasteiger partial charge in [0.25, 0.3) is 6.47 Å². The molecule has 0 spiro atoms. The summed E-state index contributed by atoms with van der Waals surface area (Å²) in [4.78, 5) is 24.7. The van der Waals surface area contributed by atoms with E-state index in [1.165, 1.54) is 12.1 Å². The number of benzene rings is 1. The van der Waals surface area contributed by atoms with Crippen LogP contribution in [0.15, 0.2) is 24.3 Å². The van der Waals surface area contributed by atoms with E-state index in [1.54, 1.807) is 4.90 Å². The maximum Gasteiger partial charge on any atom is 0.416 e. The number of amides is 1. The van der Waals surface area contributed by atoms with Gasteiger partial charge in [-0.15, -0.1) is 0 Å². The molecule has 2 fully saturated rings. The highest BCUT2D eigenvalue weighted by atomic mass is 19.4. The Labute approximate surface area is 172 Å². The summed E-state index contributed by atoms with van der Waals surface area (Å²) in [7, 11) is 1.90. The van der Waals surface area contributed by atoms with Crippen molar-refractivity contribution < 1.29 is 38.1 Å². The molecule has 0 radical (unpaired) electrons. The van der Waals surface area contributed by atoms with Crippen molar-refractivity contribution in [2.24, 2.45) is 5.92 Å². The predicted molar refractivity (Wildman–Crippen MR) is 101 cm³/mol. The van der Waals surface area contributed by atoms with Crippen LogP contribution in [0.1, 0.15) is 30.4 Å². The highest BCUT2D eigenvalue weighted by molar-refractivity contribution is 5.80. The van der Waals surface area contributed by atoms with Gasteiger partial charge in [-0.25, -0.2) is 0 Å². The minimum absolute atomic E-state index is 0.153. The molecule has 2 aliphatic rings. The average molecular weight is 432 g/mol. The van der Waals surface area contributed by atoms with Gasteiger partial charge in [0.1, 0.15) is 0 Å². The number of rotatable bonds is 2. The zero-order valence-electron chi connectivity index (χ0n) is 16.7. The van der Waals surface area contributed by atoms with E-state index >= 15 is 0 Å². The molecule has 0 bridgehead atoms. The van der Waals surface area contributed by atoms with E-state index in [0.29, 0.717) is 13.0 Å². The molecular formula is C20H27F3N2O5. The van der Waals surface area contributed by atoms with Gasteiger partial charge < -0.3 is 25.1 Å². The van der Waals surface area contributed by atoms with Gasteiger partial charge in [0.2, 0.25) is 5.91 Å². The summed E-state index contributed by atoms with van der Waals surface area (Å²) in [5.41, 5.74) is -1.96. The number of carboxylic acid groups (broad SMARTS) is 1. The minimum atomic E-state index is -4.47. The van der Waals surface area contributed by atoms with Gasteiger partial charge in [-0.1, -0.05) is 12.1 Å². The van der Waals surface area contributed by atoms with E-state index < -0.39 is 29.4 Å². The highest BCUT2D eigenvalue weighted by Crippen LogP contribution is 2.37. The molecule has 10 heteroatoms. The summed E-state index contributed by atoms with van der Waals surface area (Å²) in [5, 5.41) is 27.9. The van der Waals surface area contributed by atoms with Crippen LogP contribution in [0.25, 0.3) is 0 Å². The Bertz CT molecular complexity index is 735. The number of carbonyl (C=O) groups excluding carboxylic acids is 1. The summed E-state index contributed by atoms with van der Waals surface area (Å²) in [6.45, 7) is 1.46. The molecule has 30 heavy (non-hydrogen) atoms. The molecule has 1 aromatic rings. The normalized spacial score (nSPS) is 24.5. The van der Waals surface area contributed by atoms with Crippen molar-refractivity contribution in [1.29, 1.82) is 0 Å². The maximum atomic E-state index is 12.9. The molecule has 0 saturated carbocycles. The third-order valence-corrected chi connectivity index (χ3v) is 5.73. The molecule has 3 rings (SSSR count). The first-order chi connectivity index (χ1) is 14.0. The van der Waals surface area contributed by atoms with Gasteiger partial charge in [0.05, 0.1) is 23.2 Å². The van der Waals surface area contributed by atoms with Crippen molar-refractivity contribution >= 4 is 12.4 Å². The molecule has 168 valence electrons. The lowest BCUT2D eigenvalue weighted by atomic mass is 9.83. The van der Waals surface area contributed by atoms with Crippen molar-refractivity contribution in [2.75, 3.05) is 33.2 Å². The fourth-order valence-corrected chi connectivity index (χ4v) is 3.95. The van der Waals surface area contributed by atoms with Crippen LogP contribution in [0.3, 0.4) is 0 Å². The summed E-state index contributed by atoms with van der Waals surface area (Å²) >= 11 is 0. The summed E-state index contributed by atoms with van der Waals surface area (Å²) in [5.74, 6) is -0.649. The molecular weight excluding hydrogens is 405 g/mol. The fraction of sp³-hybridized carbons (Fsp3) is 0.600. The molecule has 2 atom stereocenters. The second-order valence-corrected chi connectivity index (χ2v) is 7.77. The molecule has 2 saturated heterocycles. The second-order valence-electron chi connectivity index (χ2n) is 7.77. The number of aliphatic hydroxyl groups excluding tert-OH is 1. The first kappa shape index (κ1) is 24.1. The van der Waals surface area contributed by atoms with E-state index in [2.05, 4.69) is 0 Å². The number of hydrogen-bond acceptors (Lipinski definition) is 5.